The highest BCUT2D eigenvalue weighted by Crippen LogP contribution is 2.23. The van der Waals surface area contributed by atoms with Gasteiger partial charge in [-0.25, -0.2) is 16.8 Å². The smallest absolute Gasteiger partial charge is 0.243 e. The summed E-state index contributed by atoms with van der Waals surface area (Å²) in [7, 11) is -5.85. The standard InChI is InChI=1S/C21H28N2O5S2/c1-18-6-8-19(9-7-18)28-17-16-22(2)29(24,25)20-10-12-21(13-11-20)30(26,27)23-14-4-3-5-15-23/h6-13H,3-5,14-17H2,1-2H3. The van der Waals surface area contributed by atoms with E-state index < -0.39 is 20.0 Å². The van der Waals surface area contributed by atoms with E-state index in [0.717, 1.165) is 24.8 Å². The van der Waals surface area contributed by atoms with Crippen molar-refractivity contribution in [2.75, 3.05) is 33.3 Å². The molecule has 0 amide bonds. The van der Waals surface area contributed by atoms with Crippen LogP contribution in [0.25, 0.3) is 0 Å². The molecule has 2 aromatic carbocycles. The molecule has 0 spiro atoms. The first-order valence-electron chi connectivity index (χ1n) is 9.97. The molecule has 7 nitrogen and oxygen atoms in total. The Morgan fingerprint density at radius 2 is 1.43 bits per heavy atom. The molecule has 0 aliphatic carbocycles. The second-order valence-corrected chi connectivity index (χ2v) is 11.4. The Bertz CT molecular complexity index is 1040. The molecule has 0 unspecified atom stereocenters. The molecular formula is C21H28N2O5S2. The van der Waals surface area contributed by atoms with Crippen molar-refractivity contribution in [3.63, 3.8) is 0 Å². The summed E-state index contributed by atoms with van der Waals surface area (Å²) in [6, 6.07) is 13.0. The summed E-state index contributed by atoms with van der Waals surface area (Å²) in [5.74, 6) is 0.679. The molecule has 0 atom stereocenters. The molecule has 9 heteroatoms. The van der Waals surface area contributed by atoms with Gasteiger partial charge in [-0.3, -0.25) is 0 Å². The zero-order chi connectivity index (χ0) is 21.8. The topological polar surface area (TPSA) is 84.0 Å². The summed E-state index contributed by atoms with van der Waals surface area (Å²) in [6.45, 7) is 3.37. The summed E-state index contributed by atoms with van der Waals surface area (Å²) >= 11 is 0. The Kier molecular flexibility index (Phi) is 7.18. The van der Waals surface area contributed by atoms with E-state index in [-0.39, 0.29) is 22.9 Å². The lowest BCUT2D eigenvalue weighted by Gasteiger charge is -2.26. The van der Waals surface area contributed by atoms with Crippen LogP contribution in [0.2, 0.25) is 0 Å². The van der Waals surface area contributed by atoms with Gasteiger partial charge >= 0.3 is 0 Å². The molecule has 2 aromatic rings. The van der Waals surface area contributed by atoms with Gasteiger partial charge < -0.3 is 4.74 Å². The SMILES string of the molecule is Cc1ccc(OCCN(C)S(=O)(=O)c2ccc(S(=O)(=O)N3CCCCC3)cc2)cc1. The van der Waals surface area contributed by atoms with E-state index in [0.29, 0.717) is 18.8 Å². The maximum absolute atomic E-state index is 12.8. The largest absolute Gasteiger partial charge is 0.492 e. The summed E-state index contributed by atoms with van der Waals surface area (Å²) in [4.78, 5) is 0.173. The fraction of sp³-hybridized carbons (Fsp3) is 0.429. The molecule has 0 saturated carbocycles. The van der Waals surface area contributed by atoms with Crippen LogP contribution in [0.5, 0.6) is 5.75 Å². The van der Waals surface area contributed by atoms with Crippen LogP contribution >= 0.6 is 0 Å². The molecule has 0 radical (unpaired) electrons. The number of benzene rings is 2. The van der Waals surface area contributed by atoms with E-state index >= 15 is 0 Å². The number of piperidine rings is 1. The van der Waals surface area contributed by atoms with Crippen LogP contribution in [0.15, 0.2) is 58.3 Å². The number of nitrogens with zero attached hydrogens (tertiary/aromatic N) is 2. The zero-order valence-electron chi connectivity index (χ0n) is 17.3. The summed E-state index contributed by atoms with van der Waals surface area (Å²) in [6.07, 6.45) is 2.73. The molecule has 0 N–H and O–H groups in total. The van der Waals surface area contributed by atoms with Gasteiger partial charge in [-0.1, -0.05) is 24.1 Å². The lowest BCUT2D eigenvalue weighted by Crippen LogP contribution is -2.35. The van der Waals surface area contributed by atoms with Crippen LogP contribution in [0, 0.1) is 6.92 Å². The average Bonchev–Trinajstić information content (AvgIpc) is 2.75. The number of aryl methyl sites for hydroxylation is 1. The minimum absolute atomic E-state index is 0.0536. The van der Waals surface area contributed by atoms with Crippen molar-refractivity contribution in [1.82, 2.24) is 8.61 Å². The third-order valence-corrected chi connectivity index (χ3v) is 8.96. The highest BCUT2D eigenvalue weighted by atomic mass is 32.2. The predicted molar refractivity (Wildman–Crippen MR) is 116 cm³/mol. The quantitative estimate of drug-likeness (QED) is 0.615. The molecule has 1 saturated heterocycles. The molecule has 3 rings (SSSR count). The lowest BCUT2D eigenvalue weighted by atomic mass is 10.2. The van der Waals surface area contributed by atoms with Crippen LogP contribution in [-0.4, -0.2) is 58.7 Å². The number of hydrogen-bond acceptors (Lipinski definition) is 5. The molecule has 1 fully saturated rings. The van der Waals surface area contributed by atoms with Crippen LogP contribution in [0.3, 0.4) is 0 Å². The molecule has 1 aliphatic heterocycles. The Morgan fingerprint density at radius 3 is 2.03 bits per heavy atom. The average molecular weight is 453 g/mol. The van der Waals surface area contributed by atoms with Crippen LogP contribution in [0.1, 0.15) is 24.8 Å². The van der Waals surface area contributed by atoms with Gasteiger partial charge in [-0.15, -0.1) is 0 Å². The van der Waals surface area contributed by atoms with Gasteiger partial charge in [0.25, 0.3) is 0 Å². The third-order valence-electron chi connectivity index (χ3n) is 5.18. The fourth-order valence-electron chi connectivity index (χ4n) is 3.26. The Hall–Kier alpha value is -1.94. The molecular weight excluding hydrogens is 424 g/mol. The van der Waals surface area contributed by atoms with Crippen molar-refractivity contribution in [1.29, 1.82) is 0 Å². The van der Waals surface area contributed by atoms with Crippen molar-refractivity contribution < 1.29 is 21.6 Å². The highest BCUT2D eigenvalue weighted by molar-refractivity contribution is 7.89. The Labute approximate surface area is 179 Å². The second-order valence-electron chi connectivity index (χ2n) is 7.42. The van der Waals surface area contributed by atoms with Gasteiger partial charge in [-0.05, 0) is 56.2 Å². The number of hydrogen-bond donors (Lipinski definition) is 0. The van der Waals surface area contributed by atoms with Gasteiger partial charge in [0.15, 0.2) is 0 Å². The van der Waals surface area contributed by atoms with Gasteiger partial charge in [0, 0.05) is 26.7 Å². The molecule has 0 bridgehead atoms. The van der Waals surface area contributed by atoms with Crippen molar-refractivity contribution in [2.24, 2.45) is 0 Å². The number of sulfonamides is 2. The first-order chi connectivity index (χ1) is 14.2. The highest BCUT2D eigenvalue weighted by Gasteiger charge is 2.27. The van der Waals surface area contributed by atoms with Crippen molar-refractivity contribution in [3.8, 4) is 5.75 Å². The predicted octanol–water partition coefficient (Wildman–Crippen LogP) is 2.87. The molecule has 1 heterocycles. The number of likely N-dealkylation sites (N-methyl/N-ethyl adjacent to an activating group) is 1. The molecule has 30 heavy (non-hydrogen) atoms. The number of rotatable bonds is 8. The van der Waals surface area contributed by atoms with Crippen molar-refractivity contribution in [2.45, 2.75) is 36.0 Å². The van der Waals surface area contributed by atoms with Crippen LogP contribution in [-0.2, 0) is 20.0 Å². The third kappa shape index (κ3) is 5.21. The molecule has 0 aromatic heterocycles. The molecule has 164 valence electrons. The Morgan fingerprint density at radius 1 is 0.867 bits per heavy atom. The normalized spacial score (nSPS) is 16.0. The lowest BCUT2D eigenvalue weighted by molar-refractivity contribution is 0.287. The van der Waals surface area contributed by atoms with E-state index in [2.05, 4.69) is 0 Å². The second kappa shape index (κ2) is 9.47. The number of ether oxygens (including phenoxy) is 1. The van der Waals surface area contributed by atoms with Crippen LogP contribution in [0.4, 0.5) is 0 Å². The minimum atomic E-state index is -3.74. The maximum Gasteiger partial charge on any atom is 0.243 e. The van der Waals surface area contributed by atoms with Crippen molar-refractivity contribution in [3.05, 3.63) is 54.1 Å². The monoisotopic (exact) mass is 452 g/mol. The van der Waals surface area contributed by atoms with E-state index in [4.69, 9.17) is 4.74 Å². The van der Waals surface area contributed by atoms with Gasteiger partial charge in [0.05, 0.1) is 9.79 Å². The summed E-state index contributed by atoms with van der Waals surface area (Å²) in [5.41, 5.74) is 1.12. The van der Waals surface area contributed by atoms with E-state index in [1.165, 1.54) is 39.9 Å². The van der Waals surface area contributed by atoms with E-state index in [1.807, 2.05) is 31.2 Å². The van der Waals surface area contributed by atoms with Gasteiger partial charge in [0.2, 0.25) is 20.0 Å². The van der Waals surface area contributed by atoms with Gasteiger partial charge in [0.1, 0.15) is 12.4 Å². The van der Waals surface area contributed by atoms with Gasteiger partial charge in [-0.2, -0.15) is 8.61 Å². The van der Waals surface area contributed by atoms with Crippen molar-refractivity contribution >= 4 is 20.0 Å². The summed E-state index contributed by atoms with van der Waals surface area (Å²) < 4.78 is 59.3. The minimum Gasteiger partial charge on any atom is -0.492 e. The Balaban J connectivity index is 1.64. The first kappa shape index (κ1) is 22.7. The van der Waals surface area contributed by atoms with E-state index in [9.17, 15) is 16.8 Å². The maximum atomic E-state index is 12.8. The first-order valence-corrected chi connectivity index (χ1v) is 12.9. The van der Waals surface area contributed by atoms with E-state index in [1.54, 1.807) is 0 Å². The zero-order valence-corrected chi connectivity index (χ0v) is 19.0. The fourth-order valence-corrected chi connectivity index (χ4v) is 5.94. The van der Waals surface area contributed by atoms with Crippen LogP contribution < -0.4 is 4.74 Å². The molecule has 1 aliphatic rings. The summed E-state index contributed by atoms with van der Waals surface area (Å²) in [5, 5.41) is 0.